The van der Waals surface area contributed by atoms with Gasteiger partial charge in [-0.1, -0.05) is 13.0 Å². The highest BCUT2D eigenvalue weighted by atomic mass is 16.5. The molecular formula is C15H21N3O4. The highest BCUT2D eigenvalue weighted by Gasteiger charge is 2.34. The average Bonchev–Trinajstić information content (AvgIpc) is 2.49. The Bertz CT molecular complexity index is 576. The maximum atomic E-state index is 12.4. The summed E-state index contributed by atoms with van der Waals surface area (Å²) in [6.45, 7) is 2.01. The van der Waals surface area contributed by atoms with Crippen LogP contribution in [0.1, 0.15) is 24.9 Å². The first-order valence-electron chi connectivity index (χ1n) is 7.12. The SMILES string of the molecule is CCC1Oc2ccc(C(N)COC)cc2N(CC(N)=O)C1=O. The number of hydrogen-bond acceptors (Lipinski definition) is 5. The molecule has 2 amide bonds. The predicted octanol–water partition coefficient (Wildman–Crippen LogP) is 0.322. The summed E-state index contributed by atoms with van der Waals surface area (Å²) in [6.07, 6.45) is -0.0938. The molecule has 1 heterocycles. The van der Waals surface area contributed by atoms with Gasteiger partial charge >= 0.3 is 0 Å². The van der Waals surface area contributed by atoms with Crippen LogP contribution in [0.25, 0.3) is 0 Å². The normalized spacial score (nSPS) is 18.6. The summed E-state index contributed by atoms with van der Waals surface area (Å²) in [5, 5.41) is 0. The first kappa shape index (κ1) is 16.3. The molecule has 1 aromatic carbocycles. The number of benzene rings is 1. The Labute approximate surface area is 129 Å². The van der Waals surface area contributed by atoms with Gasteiger partial charge in [0.25, 0.3) is 5.91 Å². The number of carbonyl (C=O) groups is 2. The summed E-state index contributed by atoms with van der Waals surface area (Å²) < 4.78 is 10.7. The van der Waals surface area contributed by atoms with Crippen LogP contribution in [-0.2, 0) is 14.3 Å². The van der Waals surface area contributed by atoms with E-state index in [9.17, 15) is 9.59 Å². The van der Waals surface area contributed by atoms with Crippen LogP contribution in [0, 0.1) is 0 Å². The maximum Gasteiger partial charge on any atom is 0.268 e. The molecular weight excluding hydrogens is 286 g/mol. The third-order valence-electron chi connectivity index (χ3n) is 3.54. The van der Waals surface area contributed by atoms with Crippen LogP contribution < -0.4 is 21.1 Å². The van der Waals surface area contributed by atoms with Crippen molar-refractivity contribution < 1.29 is 19.1 Å². The Balaban J connectivity index is 2.41. The van der Waals surface area contributed by atoms with Crippen molar-refractivity contribution in [2.24, 2.45) is 11.5 Å². The van der Waals surface area contributed by atoms with Crippen LogP contribution in [0.5, 0.6) is 5.75 Å². The number of nitrogens with two attached hydrogens (primary N) is 2. The number of methoxy groups -OCH3 is 1. The van der Waals surface area contributed by atoms with Crippen LogP contribution in [0.2, 0.25) is 0 Å². The summed E-state index contributed by atoms with van der Waals surface area (Å²) in [5.41, 5.74) is 12.6. The van der Waals surface area contributed by atoms with E-state index in [2.05, 4.69) is 0 Å². The molecule has 0 aromatic heterocycles. The van der Waals surface area contributed by atoms with Gasteiger partial charge in [-0.2, -0.15) is 0 Å². The van der Waals surface area contributed by atoms with Gasteiger partial charge in [0, 0.05) is 7.11 Å². The van der Waals surface area contributed by atoms with E-state index in [-0.39, 0.29) is 18.5 Å². The Morgan fingerprint density at radius 2 is 2.23 bits per heavy atom. The molecule has 0 fully saturated rings. The van der Waals surface area contributed by atoms with E-state index in [1.165, 1.54) is 4.90 Å². The number of nitrogens with zero attached hydrogens (tertiary/aromatic N) is 1. The largest absolute Gasteiger partial charge is 0.478 e. The Morgan fingerprint density at radius 3 is 2.82 bits per heavy atom. The third kappa shape index (κ3) is 3.20. The molecule has 7 nitrogen and oxygen atoms in total. The maximum absolute atomic E-state index is 12.4. The third-order valence-corrected chi connectivity index (χ3v) is 3.54. The number of carbonyl (C=O) groups excluding carboxylic acids is 2. The van der Waals surface area contributed by atoms with Crippen molar-refractivity contribution >= 4 is 17.5 Å². The number of primary amides is 1. The molecule has 1 aliphatic heterocycles. The smallest absolute Gasteiger partial charge is 0.268 e. The molecule has 0 aliphatic carbocycles. The molecule has 2 atom stereocenters. The van der Waals surface area contributed by atoms with Crippen LogP contribution in [0.15, 0.2) is 18.2 Å². The van der Waals surface area contributed by atoms with Crippen molar-refractivity contribution in [3.8, 4) is 5.75 Å². The number of anilines is 1. The first-order valence-corrected chi connectivity index (χ1v) is 7.12. The summed E-state index contributed by atoms with van der Waals surface area (Å²) in [6, 6.07) is 4.99. The van der Waals surface area contributed by atoms with Crippen LogP contribution >= 0.6 is 0 Å². The van der Waals surface area contributed by atoms with Crippen LogP contribution in [0.4, 0.5) is 5.69 Å². The molecule has 2 unspecified atom stereocenters. The summed E-state index contributed by atoms with van der Waals surface area (Å²) >= 11 is 0. The first-order chi connectivity index (χ1) is 10.5. The molecule has 0 saturated carbocycles. The lowest BCUT2D eigenvalue weighted by atomic mass is 10.0. The fourth-order valence-corrected chi connectivity index (χ4v) is 2.42. The van der Waals surface area contributed by atoms with E-state index in [1.807, 2.05) is 13.0 Å². The summed E-state index contributed by atoms with van der Waals surface area (Å²) in [5.74, 6) is -0.310. The summed E-state index contributed by atoms with van der Waals surface area (Å²) in [7, 11) is 1.57. The van der Waals surface area contributed by atoms with Gasteiger partial charge in [-0.25, -0.2) is 0 Å². The molecule has 1 aliphatic rings. The number of ether oxygens (including phenoxy) is 2. The molecule has 0 saturated heterocycles. The Kier molecular flexibility index (Phi) is 4.99. The van der Waals surface area contributed by atoms with Crippen LogP contribution in [-0.4, -0.2) is 38.2 Å². The lowest BCUT2D eigenvalue weighted by Gasteiger charge is -2.34. The molecule has 2 rings (SSSR count). The lowest BCUT2D eigenvalue weighted by Crippen LogP contribution is -2.48. The zero-order valence-electron chi connectivity index (χ0n) is 12.7. The second kappa shape index (κ2) is 6.76. The van der Waals surface area contributed by atoms with Crippen molar-refractivity contribution in [2.75, 3.05) is 25.2 Å². The zero-order valence-corrected chi connectivity index (χ0v) is 12.7. The molecule has 0 spiro atoms. The van der Waals surface area contributed by atoms with Crippen molar-refractivity contribution in [1.82, 2.24) is 0 Å². The van der Waals surface area contributed by atoms with Crippen molar-refractivity contribution in [1.29, 1.82) is 0 Å². The van der Waals surface area contributed by atoms with E-state index in [0.29, 0.717) is 24.5 Å². The van der Waals surface area contributed by atoms with Crippen molar-refractivity contribution in [2.45, 2.75) is 25.5 Å². The number of hydrogen-bond donors (Lipinski definition) is 2. The molecule has 22 heavy (non-hydrogen) atoms. The number of rotatable bonds is 6. The minimum Gasteiger partial charge on any atom is -0.478 e. The van der Waals surface area contributed by atoms with Gasteiger partial charge in [0.15, 0.2) is 6.10 Å². The monoisotopic (exact) mass is 307 g/mol. The van der Waals surface area contributed by atoms with Gasteiger partial charge in [-0.3, -0.25) is 14.5 Å². The Hall–Kier alpha value is -2.12. The van der Waals surface area contributed by atoms with Gasteiger partial charge in [-0.15, -0.1) is 0 Å². The van der Waals surface area contributed by atoms with Gasteiger partial charge < -0.3 is 20.9 Å². The topological polar surface area (TPSA) is 108 Å². The molecule has 4 N–H and O–H groups in total. The zero-order chi connectivity index (χ0) is 16.3. The molecule has 0 radical (unpaired) electrons. The minimum absolute atomic E-state index is 0.186. The fraction of sp³-hybridized carbons (Fsp3) is 0.467. The second-order valence-electron chi connectivity index (χ2n) is 5.19. The van der Waals surface area contributed by atoms with Gasteiger partial charge in [0.1, 0.15) is 12.3 Å². The average molecular weight is 307 g/mol. The minimum atomic E-state index is -0.606. The van der Waals surface area contributed by atoms with Crippen molar-refractivity contribution in [3.63, 3.8) is 0 Å². The highest BCUT2D eigenvalue weighted by Crippen LogP contribution is 2.36. The number of amides is 2. The highest BCUT2D eigenvalue weighted by molar-refractivity contribution is 6.03. The molecule has 7 heteroatoms. The predicted molar refractivity (Wildman–Crippen MR) is 81.5 cm³/mol. The van der Waals surface area contributed by atoms with E-state index < -0.39 is 12.0 Å². The van der Waals surface area contributed by atoms with E-state index in [1.54, 1.807) is 19.2 Å². The molecule has 120 valence electrons. The molecule has 1 aromatic rings. The second-order valence-corrected chi connectivity index (χ2v) is 5.19. The van der Waals surface area contributed by atoms with E-state index in [4.69, 9.17) is 20.9 Å². The fourth-order valence-electron chi connectivity index (χ4n) is 2.42. The summed E-state index contributed by atoms with van der Waals surface area (Å²) in [4.78, 5) is 25.0. The molecule has 0 bridgehead atoms. The number of fused-ring (bicyclic) bond motifs is 1. The van der Waals surface area contributed by atoms with Crippen LogP contribution in [0.3, 0.4) is 0 Å². The standard InChI is InChI=1S/C15H21N3O4/c1-3-12-15(20)18(7-14(17)19)11-6-9(10(16)8-21-2)4-5-13(11)22-12/h4-6,10,12H,3,7-8,16H2,1-2H3,(H2,17,19). The quantitative estimate of drug-likeness (QED) is 0.787. The van der Waals surface area contributed by atoms with Gasteiger partial charge in [0.05, 0.1) is 18.3 Å². The van der Waals surface area contributed by atoms with E-state index >= 15 is 0 Å². The van der Waals surface area contributed by atoms with E-state index in [0.717, 1.165) is 5.56 Å². The lowest BCUT2D eigenvalue weighted by molar-refractivity contribution is -0.128. The Morgan fingerprint density at radius 1 is 1.50 bits per heavy atom. The van der Waals surface area contributed by atoms with Crippen molar-refractivity contribution in [3.05, 3.63) is 23.8 Å². The van der Waals surface area contributed by atoms with Gasteiger partial charge in [0.2, 0.25) is 5.91 Å². The van der Waals surface area contributed by atoms with Gasteiger partial charge in [-0.05, 0) is 24.1 Å².